The smallest absolute Gasteiger partial charge is 0.222 e. The van der Waals surface area contributed by atoms with E-state index >= 15 is 0 Å². The van der Waals surface area contributed by atoms with Crippen LogP contribution in [-0.2, 0) is 22.5 Å². The highest BCUT2D eigenvalue weighted by atomic mass is 32.1. The minimum Gasteiger partial charge on any atom is -0.396 e. The number of aliphatic hydroxyl groups is 1. The van der Waals surface area contributed by atoms with Gasteiger partial charge in [-0.15, -0.1) is 11.3 Å². The van der Waals surface area contributed by atoms with E-state index in [2.05, 4.69) is 4.74 Å². The van der Waals surface area contributed by atoms with E-state index in [0.29, 0.717) is 19.4 Å². The summed E-state index contributed by atoms with van der Waals surface area (Å²) in [5, 5.41) is 8.70. The fourth-order valence-electron chi connectivity index (χ4n) is 2.02. The van der Waals surface area contributed by atoms with Gasteiger partial charge in [0.2, 0.25) is 5.91 Å². The Morgan fingerprint density at radius 2 is 2.29 bits per heavy atom. The lowest BCUT2D eigenvalue weighted by Crippen LogP contribution is -2.35. The second kappa shape index (κ2) is 9.65. The number of aliphatic hydroxyl groups excluding tert-OH is 1. The Kier molecular flexibility index (Phi) is 8.19. The molecule has 0 unspecified atom stereocenters. The molecule has 0 atom stereocenters. The largest absolute Gasteiger partial charge is 0.396 e. The molecular weight excluding hydrogens is 290 g/mol. The van der Waals surface area contributed by atoms with Gasteiger partial charge in [0.25, 0.3) is 0 Å². The summed E-state index contributed by atoms with van der Waals surface area (Å²) in [6.07, 6.45) is 2.61. The fraction of sp³-hybridized carbons (Fsp3) is 0.600. The van der Waals surface area contributed by atoms with Crippen molar-refractivity contribution in [3.63, 3.8) is 0 Å². The summed E-state index contributed by atoms with van der Waals surface area (Å²) < 4.78 is 4.54. The summed E-state index contributed by atoms with van der Waals surface area (Å²) in [6, 6.07) is 1.87. The molecule has 1 aliphatic rings. The molecule has 0 saturated carbocycles. The first-order valence-electron chi connectivity index (χ1n) is 7.10. The molecule has 0 radical (unpaired) electrons. The van der Waals surface area contributed by atoms with Crippen LogP contribution >= 0.6 is 11.3 Å². The van der Waals surface area contributed by atoms with Crippen molar-refractivity contribution in [2.45, 2.75) is 32.7 Å². The van der Waals surface area contributed by atoms with Crippen molar-refractivity contribution < 1.29 is 19.4 Å². The van der Waals surface area contributed by atoms with Crippen molar-refractivity contribution in [1.29, 1.82) is 0 Å². The Bertz CT molecular complexity index is 457. The zero-order valence-corrected chi connectivity index (χ0v) is 13.4. The van der Waals surface area contributed by atoms with Crippen LogP contribution in [0.15, 0.2) is 6.07 Å². The van der Waals surface area contributed by atoms with Crippen molar-refractivity contribution in [1.82, 2.24) is 4.90 Å². The standard InChI is InChI=1S/C12H15NO3S.C3H8O/c14-5-1-2-12(16)13-4-3-11-9(7-13)6-10(8-15)17-11;1-3-4-2/h6,8,14H,1-5,7H2;3H2,1-2H3. The number of hydrogen-bond acceptors (Lipinski definition) is 5. The maximum atomic E-state index is 11.8. The first-order chi connectivity index (χ1) is 10.2. The number of carbonyl (C=O) groups is 2. The minimum atomic E-state index is 0.0541. The van der Waals surface area contributed by atoms with Gasteiger partial charge >= 0.3 is 0 Å². The summed E-state index contributed by atoms with van der Waals surface area (Å²) in [5.41, 5.74) is 1.10. The van der Waals surface area contributed by atoms with Crippen LogP contribution in [0.25, 0.3) is 0 Å². The number of hydrogen-bond donors (Lipinski definition) is 1. The van der Waals surface area contributed by atoms with E-state index in [4.69, 9.17) is 5.11 Å². The number of aldehydes is 1. The molecule has 0 bridgehead atoms. The zero-order chi connectivity index (χ0) is 15.7. The Hall–Kier alpha value is -1.24. The molecule has 5 nitrogen and oxygen atoms in total. The number of methoxy groups -OCH3 is 1. The highest BCUT2D eigenvalue weighted by Gasteiger charge is 2.22. The SMILES string of the molecule is CCOC.O=Cc1cc2c(s1)CCN(C(=O)CCCO)C2. The third kappa shape index (κ3) is 5.57. The van der Waals surface area contributed by atoms with Crippen LogP contribution in [-0.4, -0.2) is 49.1 Å². The Morgan fingerprint density at radius 1 is 1.57 bits per heavy atom. The lowest BCUT2D eigenvalue weighted by molar-refractivity contribution is -0.132. The van der Waals surface area contributed by atoms with Crippen LogP contribution in [0, 0.1) is 0 Å². The normalized spacial score (nSPS) is 13.2. The summed E-state index contributed by atoms with van der Waals surface area (Å²) >= 11 is 1.52. The third-order valence-corrected chi connectivity index (χ3v) is 4.35. The average Bonchev–Trinajstić information content (AvgIpc) is 2.94. The lowest BCUT2D eigenvalue weighted by Gasteiger charge is -2.26. The van der Waals surface area contributed by atoms with Crippen molar-refractivity contribution in [2.75, 3.05) is 26.9 Å². The lowest BCUT2D eigenvalue weighted by atomic mass is 10.1. The molecule has 1 aromatic rings. The molecule has 2 rings (SSSR count). The quantitative estimate of drug-likeness (QED) is 0.843. The predicted octanol–water partition coefficient (Wildman–Crippen LogP) is 1.87. The molecule has 0 aromatic carbocycles. The van der Waals surface area contributed by atoms with Crippen molar-refractivity contribution in [3.8, 4) is 0 Å². The van der Waals surface area contributed by atoms with Gasteiger partial charge in [-0.2, -0.15) is 0 Å². The van der Waals surface area contributed by atoms with Crippen LogP contribution in [0.3, 0.4) is 0 Å². The van der Waals surface area contributed by atoms with Crippen molar-refractivity contribution in [2.24, 2.45) is 0 Å². The number of rotatable bonds is 5. The molecule has 1 amide bonds. The van der Waals surface area contributed by atoms with Crippen LogP contribution in [0.1, 0.15) is 39.9 Å². The van der Waals surface area contributed by atoms with Gasteiger partial charge in [0.05, 0.1) is 4.88 Å². The number of fused-ring (bicyclic) bond motifs is 1. The predicted molar refractivity (Wildman–Crippen MR) is 82.7 cm³/mol. The minimum absolute atomic E-state index is 0.0541. The van der Waals surface area contributed by atoms with Gasteiger partial charge in [-0.1, -0.05) is 0 Å². The van der Waals surface area contributed by atoms with E-state index in [1.54, 1.807) is 12.0 Å². The summed E-state index contributed by atoms with van der Waals surface area (Å²) in [4.78, 5) is 26.2. The third-order valence-electron chi connectivity index (χ3n) is 3.19. The monoisotopic (exact) mass is 313 g/mol. The first kappa shape index (κ1) is 17.8. The highest BCUT2D eigenvalue weighted by Crippen LogP contribution is 2.27. The van der Waals surface area contributed by atoms with Crippen LogP contribution in [0.2, 0.25) is 0 Å². The molecule has 1 aliphatic heterocycles. The van der Waals surface area contributed by atoms with Gasteiger partial charge in [-0.05, 0) is 31.4 Å². The van der Waals surface area contributed by atoms with Gasteiger partial charge in [0, 0.05) is 44.7 Å². The van der Waals surface area contributed by atoms with E-state index in [9.17, 15) is 9.59 Å². The van der Waals surface area contributed by atoms with Gasteiger partial charge < -0.3 is 14.7 Å². The van der Waals surface area contributed by atoms with Crippen LogP contribution in [0.4, 0.5) is 0 Å². The van der Waals surface area contributed by atoms with Crippen molar-refractivity contribution >= 4 is 23.5 Å². The Balaban J connectivity index is 0.000000491. The maximum absolute atomic E-state index is 11.8. The van der Waals surface area contributed by atoms with Gasteiger partial charge in [0.1, 0.15) is 0 Å². The Labute approximate surface area is 129 Å². The summed E-state index contributed by atoms with van der Waals surface area (Å²) in [5.74, 6) is 0.0866. The second-order valence-corrected chi connectivity index (χ2v) is 5.85. The molecule has 1 N–H and O–H groups in total. The molecule has 0 aliphatic carbocycles. The number of ether oxygens (including phenoxy) is 1. The maximum Gasteiger partial charge on any atom is 0.222 e. The second-order valence-electron chi connectivity index (χ2n) is 4.68. The van der Waals surface area contributed by atoms with E-state index in [1.165, 1.54) is 16.2 Å². The molecular formula is C15H23NO4S. The van der Waals surface area contributed by atoms with Gasteiger partial charge in [-0.3, -0.25) is 9.59 Å². The highest BCUT2D eigenvalue weighted by molar-refractivity contribution is 7.13. The van der Waals surface area contributed by atoms with Crippen LogP contribution in [0.5, 0.6) is 0 Å². The van der Waals surface area contributed by atoms with E-state index in [-0.39, 0.29) is 12.5 Å². The summed E-state index contributed by atoms with van der Waals surface area (Å²) in [7, 11) is 1.68. The molecule has 0 spiro atoms. The molecule has 21 heavy (non-hydrogen) atoms. The fourth-order valence-corrected chi connectivity index (χ4v) is 3.00. The van der Waals surface area contributed by atoms with Crippen molar-refractivity contribution in [3.05, 3.63) is 21.4 Å². The van der Waals surface area contributed by atoms with Gasteiger partial charge in [0.15, 0.2) is 6.29 Å². The topological polar surface area (TPSA) is 66.8 Å². The first-order valence-corrected chi connectivity index (χ1v) is 7.92. The Morgan fingerprint density at radius 3 is 2.86 bits per heavy atom. The molecule has 6 heteroatoms. The summed E-state index contributed by atoms with van der Waals surface area (Å²) in [6.45, 7) is 4.15. The number of amides is 1. The number of thiophene rings is 1. The van der Waals surface area contributed by atoms with E-state index in [0.717, 1.165) is 36.3 Å². The van der Waals surface area contributed by atoms with Gasteiger partial charge in [-0.25, -0.2) is 0 Å². The molecule has 2 heterocycles. The average molecular weight is 313 g/mol. The van der Waals surface area contributed by atoms with Crippen LogP contribution < -0.4 is 0 Å². The zero-order valence-electron chi connectivity index (χ0n) is 12.6. The van der Waals surface area contributed by atoms with E-state index < -0.39 is 0 Å². The molecule has 0 fully saturated rings. The van der Waals surface area contributed by atoms with E-state index in [1.807, 2.05) is 13.0 Å². The molecule has 118 valence electrons. The molecule has 1 aromatic heterocycles. The molecule has 0 saturated heterocycles. The number of carbonyl (C=O) groups excluding carboxylic acids is 2. The number of nitrogens with zero attached hydrogens (tertiary/aromatic N) is 1.